The van der Waals surface area contributed by atoms with Crippen molar-refractivity contribution in [2.24, 2.45) is 0 Å². The first-order chi connectivity index (χ1) is 17.6. The molecule has 0 saturated carbocycles. The van der Waals surface area contributed by atoms with Crippen LogP contribution in [0.25, 0.3) is 5.69 Å². The van der Waals surface area contributed by atoms with E-state index in [0.717, 1.165) is 22.8 Å². The van der Waals surface area contributed by atoms with Gasteiger partial charge in [0.05, 0.1) is 23.4 Å². The average molecular weight is 521 g/mol. The highest BCUT2D eigenvalue weighted by molar-refractivity contribution is 7.80. The Morgan fingerprint density at radius 1 is 1.03 bits per heavy atom. The molecular formula is C27H25ClN4O3S. The summed E-state index contributed by atoms with van der Waals surface area (Å²) < 4.78 is 12.9. The van der Waals surface area contributed by atoms with Crippen molar-refractivity contribution in [1.82, 2.24) is 14.9 Å². The van der Waals surface area contributed by atoms with Gasteiger partial charge in [-0.2, -0.15) is 0 Å². The Balaban J connectivity index is 1.58. The van der Waals surface area contributed by atoms with Crippen molar-refractivity contribution in [2.45, 2.75) is 12.1 Å². The van der Waals surface area contributed by atoms with E-state index in [2.05, 4.69) is 25.8 Å². The summed E-state index contributed by atoms with van der Waals surface area (Å²) in [5, 5.41) is 14.3. The SMILES string of the molecule is COCCOc1ccc(N2C(=S)N[C@@H](c3ccccn3)[C@@H]2c2cccn2-c2ccc(O)cc2)cc1Cl. The molecule has 0 aliphatic carbocycles. The van der Waals surface area contributed by atoms with E-state index in [1.165, 1.54) is 0 Å². The second-order valence-corrected chi connectivity index (χ2v) is 9.07. The largest absolute Gasteiger partial charge is 0.508 e. The molecular weight excluding hydrogens is 496 g/mol. The zero-order valence-electron chi connectivity index (χ0n) is 19.5. The van der Waals surface area contributed by atoms with Gasteiger partial charge in [0.25, 0.3) is 0 Å². The lowest BCUT2D eigenvalue weighted by molar-refractivity contribution is 0.146. The Bertz CT molecular complexity index is 1350. The van der Waals surface area contributed by atoms with Crippen molar-refractivity contribution in [3.63, 3.8) is 0 Å². The van der Waals surface area contributed by atoms with Crippen molar-refractivity contribution < 1.29 is 14.6 Å². The third-order valence-electron chi connectivity index (χ3n) is 6.05. The van der Waals surface area contributed by atoms with Gasteiger partial charge in [0.1, 0.15) is 24.1 Å². The van der Waals surface area contributed by atoms with Crippen LogP contribution in [0.5, 0.6) is 11.5 Å². The fourth-order valence-electron chi connectivity index (χ4n) is 4.41. The second kappa shape index (κ2) is 10.6. The molecule has 2 aromatic heterocycles. The number of aromatic nitrogens is 2. The molecule has 2 aromatic carbocycles. The number of anilines is 1. The number of phenolic OH excluding ortho intramolecular Hbond substituents is 1. The minimum Gasteiger partial charge on any atom is -0.508 e. The van der Waals surface area contributed by atoms with Gasteiger partial charge in [-0.1, -0.05) is 17.7 Å². The normalized spacial score (nSPS) is 17.3. The summed E-state index contributed by atoms with van der Waals surface area (Å²) in [6.45, 7) is 0.879. The molecule has 0 radical (unpaired) electrons. The standard InChI is InChI=1S/C27H25ClN4O3S/c1-34-15-16-35-24-12-9-19(17-21(24)28)32-26(25(30-27(32)36)22-5-2-3-13-29-22)23-6-4-14-31(23)18-7-10-20(33)11-8-18/h2-14,17,25-26,33H,15-16H2,1H3,(H,30,36)/t25-,26-/m0/s1. The molecule has 0 unspecified atom stereocenters. The highest BCUT2D eigenvalue weighted by Crippen LogP contribution is 2.43. The molecule has 9 heteroatoms. The predicted molar refractivity (Wildman–Crippen MR) is 144 cm³/mol. The van der Waals surface area contributed by atoms with E-state index < -0.39 is 0 Å². The van der Waals surface area contributed by atoms with Crippen LogP contribution in [0.4, 0.5) is 5.69 Å². The first-order valence-electron chi connectivity index (χ1n) is 11.5. The molecule has 1 fully saturated rings. The summed E-state index contributed by atoms with van der Waals surface area (Å²) in [5.41, 5.74) is 3.63. The van der Waals surface area contributed by atoms with Gasteiger partial charge in [0, 0.05) is 36.6 Å². The van der Waals surface area contributed by atoms with Gasteiger partial charge in [-0.05, 0) is 78.9 Å². The lowest BCUT2D eigenvalue weighted by atomic mass is 10.0. The molecule has 184 valence electrons. The maximum absolute atomic E-state index is 9.79. The summed E-state index contributed by atoms with van der Waals surface area (Å²) >= 11 is 12.4. The molecule has 0 spiro atoms. The number of methoxy groups -OCH3 is 1. The van der Waals surface area contributed by atoms with Gasteiger partial charge in [0.15, 0.2) is 5.11 Å². The van der Waals surface area contributed by atoms with Crippen LogP contribution in [-0.2, 0) is 4.74 Å². The number of aromatic hydroxyl groups is 1. The average Bonchev–Trinajstić information content (AvgIpc) is 3.50. The number of ether oxygens (including phenoxy) is 2. The summed E-state index contributed by atoms with van der Waals surface area (Å²) in [7, 11) is 1.63. The van der Waals surface area contributed by atoms with Crippen LogP contribution >= 0.6 is 23.8 Å². The number of nitrogens with zero attached hydrogens (tertiary/aromatic N) is 3. The Labute approximate surface area is 219 Å². The highest BCUT2D eigenvalue weighted by atomic mass is 35.5. The summed E-state index contributed by atoms with van der Waals surface area (Å²) in [4.78, 5) is 6.68. The van der Waals surface area contributed by atoms with Crippen LogP contribution in [0, 0.1) is 0 Å². The first-order valence-corrected chi connectivity index (χ1v) is 12.2. The van der Waals surface area contributed by atoms with Crippen LogP contribution < -0.4 is 15.0 Å². The van der Waals surface area contributed by atoms with E-state index >= 15 is 0 Å². The van der Waals surface area contributed by atoms with Crippen molar-refractivity contribution >= 4 is 34.6 Å². The summed E-state index contributed by atoms with van der Waals surface area (Å²) in [6.07, 6.45) is 3.78. The lowest BCUT2D eigenvalue weighted by Gasteiger charge is -2.29. The van der Waals surface area contributed by atoms with E-state index in [1.54, 1.807) is 25.4 Å². The molecule has 5 rings (SSSR count). The van der Waals surface area contributed by atoms with Gasteiger partial charge in [0.2, 0.25) is 0 Å². The van der Waals surface area contributed by atoms with Gasteiger partial charge in [-0.3, -0.25) is 4.98 Å². The summed E-state index contributed by atoms with van der Waals surface area (Å²) in [5.74, 6) is 0.799. The van der Waals surface area contributed by atoms with Crippen molar-refractivity contribution in [3.05, 3.63) is 102 Å². The van der Waals surface area contributed by atoms with Crippen molar-refractivity contribution in [1.29, 1.82) is 0 Å². The Morgan fingerprint density at radius 2 is 1.83 bits per heavy atom. The third-order valence-corrected chi connectivity index (χ3v) is 6.66. The fraction of sp³-hybridized carbons (Fsp3) is 0.185. The van der Waals surface area contributed by atoms with Crippen LogP contribution in [0.15, 0.2) is 85.2 Å². The van der Waals surface area contributed by atoms with Crippen LogP contribution in [0.1, 0.15) is 23.5 Å². The van der Waals surface area contributed by atoms with Crippen molar-refractivity contribution in [2.75, 3.05) is 25.2 Å². The number of phenols is 1. The zero-order valence-corrected chi connectivity index (χ0v) is 21.1. The number of rotatable bonds is 8. The molecule has 36 heavy (non-hydrogen) atoms. The molecule has 4 aromatic rings. The van der Waals surface area contributed by atoms with Gasteiger partial charge < -0.3 is 29.4 Å². The maximum atomic E-state index is 9.79. The van der Waals surface area contributed by atoms with E-state index in [9.17, 15) is 5.11 Å². The van der Waals surface area contributed by atoms with Crippen LogP contribution in [0.2, 0.25) is 5.02 Å². The maximum Gasteiger partial charge on any atom is 0.174 e. The number of nitrogens with one attached hydrogen (secondary N) is 1. The minimum absolute atomic E-state index is 0.208. The number of halogens is 1. The Morgan fingerprint density at radius 3 is 2.56 bits per heavy atom. The number of pyridine rings is 1. The van der Waals surface area contributed by atoms with Gasteiger partial charge in [-0.25, -0.2) is 0 Å². The Kier molecular flexibility index (Phi) is 7.09. The van der Waals surface area contributed by atoms with Crippen LogP contribution in [0.3, 0.4) is 0 Å². The number of benzene rings is 2. The smallest absolute Gasteiger partial charge is 0.174 e. The third kappa shape index (κ3) is 4.75. The highest BCUT2D eigenvalue weighted by Gasteiger charge is 2.42. The Hall–Kier alpha value is -3.59. The number of hydrogen-bond acceptors (Lipinski definition) is 5. The first kappa shape index (κ1) is 24.1. The van der Waals surface area contributed by atoms with E-state index in [0.29, 0.717) is 29.1 Å². The van der Waals surface area contributed by atoms with E-state index in [1.807, 2.05) is 60.8 Å². The topological polar surface area (TPSA) is 71.8 Å². The monoisotopic (exact) mass is 520 g/mol. The van der Waals surface area contributed by atoms with Crippen LogP contribution in [-0.4, -0.2) is 40.1 Å². The molecule has 1 aliphatic heterocycles. The molecule has 0 bridgehead atoms. The van der Waals surface area contributed by atoms with E-state index in [4.69, 9.17) is 33.3 Å². The molecule has 2 atom stereocenters. The lowest BCUT2D eigenvalue weighted by Crippen LogP contribution is -2.30. The predicted octanol–water partition coefficient (Wildman–Crippen LogP) is 5.43. The van der Waals surface area contributed by atoms with Crippen molar-refractivity contribution in [3.8, 4) is 17.2 Å². The minimum atomic E-state index is -0.229. The number of thiocarbonyl (C=S) groups is 1. The molecule has 1 aliphatic rings. The van der Waals surface area contributed by atoms with Gasteiger partial charge >= 0.3 is 0 Å². The quantitative estimate of drug-likeness (QED) is 0.237. The number of hydrogen-bond donors (Lipinski definition) is 2. The van der Waals surface area contributed by atoms with Gasteiger partial charge in [-0.15, -0.1) is 0 Å². The van der Waals surface area contributed by atoms with E-state index in [-0.39, 0.29) is 17.8 Å². The molecule has 0 amide bonds. The molecule has 3 heterocycles. The molecule has 2 N–H and O–H groups in total. The fourth-order valence-corrected chi connectivity index (χ4v) is 4.98. The molecule has 7 nitrogen and oxygen atoms in total. The molecule has 1 saturated heterocycles. The summed E-state index contributed by atoms with van der Waals surface area (Å²) in [6, 6.07) is 22.2. The zero-order chi connectivity index (χ0) is 25.1. The second-order valence-electron chi connectivity index (χ2n) is 8.27.